The van der Waals surface area contributed by atoms with Crippen molar-refractivity contribution in [1.29, 1.82) is 0 Å². The molecule has 2 aliphatic rings. The Morgan fingerprint density at radius 3 is 2.86 bits per heavy atom. The fraction of sp³-hybridized carbons (Fsp3) is 0.857. The predicted octanol–water partition coefficient (Wildman–Crippen LogP) is 0.829. The second-order valence-electron chi connectivity index (χ2n) is 5.65. The van der Waals surface area contributed by atoms with Gasteiger partial charge < -0.3 is 24.8 Å². The van der Waals surface area contributed by atoms with E-state index >= 15 is 0 Å². The quantitative estimate of drug-likeness (QED) is 0.758. The Hall–Kier alpha value is -1.34. The minimum absolute atomic E-state index is 0.0413. The van der Waals surface area contributed by atoms with Gasteiger partial charge in [0.05, 0.1) is 18.6 Å². The topological polar surface area (TPSA) is 88.1 Å². The molecule has 120 valence electrons. The molecule has 7 nitrogen and oxygen atoms in total. The lowest BCUT2D eigenvalue weighted by Gasteiger charge is -2.52. The smallest absolute Gasteiger partial charge is 0.317 e. The molecule has 7 heteroatoms. The van der Waals surface area contributed by atoms with Crippen LogP contribution in [0.3, 0.4) is 0 Å². The van der Waals surface area contributed by atoms with Crippen molar-refractivity contribution < 1.29 is 24.2 Å². The predicted molar refractivity (Wildman–Crippen MR) is 75.2 cm³/mol. The summed E-state index contributed by atoms with van der Waals surface area (Å²) >= 11 is 0. The number of nitrogens with zero attached hydrogens (tertiary/aromatic N) is 1. The van der Waals surface area contributed by atoms with E-state index in [1.807, 2.05) is 6.92 Å². The average molecular weight is 300 g/mol. The molecule has 0 aromatic rings. The Balaban J connectivity index is 1.87. The summed E-state index contributed by atoms with van der Waals surface area (Å²) in [7, 11) is 1.60. The monoisotopic (exact) mass is 300 g/mol. The van der Waals surface area contributed by atoms with Gasteiger partial charge in [0.2, 0.25) is 0 Å². The van der Waals surface area contributed by atoms with Crippen LogP contribution in [0.2, 0.25) is 0 Å². The van der Waals surface area contributed by atoms with Crippen molar-refractivity contribution in [3.63, 3.8) is 0 Å². The molecule has 0 aromatic carbocycles. The lowest BCUT2D eigenvalue weighted by Crippen LogP contribution is -2.70. The van der Waals surface area contributed by atoms with Gasteiger partial charge in [0, 0.05) is 26.8 Å². The van der Waals surface area contributed by atoms with Gasteiger partial charge in [-0.3, -0.25) is 4.79 Å². The number of hydrogen-bond donors (Lipinski definition) is 2. The third kappa shape index (κ3) is 3.29. The summed E-state index contributed by atoms with van der Waals surface area (Å²) in [5.41, 5.74) is -0.390. The highest BCUT2D eigenvalue weighted by Gasteiger charge is 2.59. The third-order valence-corrected chi connectivity index (χ3v) is 4.34. The first kappa shape index (κ1) is 16.0. The molecular formula is C14H24N2O5. The Morgan fingerprint density at radius 1 is 1.52 bits per heavy atom. The maximum Gasteiger partial charge on any atom is 0.317 e. The van der Waals surface area contributed by atoms with Crippen LogP contribution in [0, 0.1) is 0 Å². The standard InChI is InChI=1S/C14H24N2O5/c1-3-20-11-9-10(14(11)6-4-8-21-14)15-13(19)16(2)7-5-12(17)18/h10-11H,3-9H2,1-2H3,(H,15,19)(H,17,18). The normalized spacial score (nSPS) is 31.0. The molecule has 0 aromatic heterocycles. The van der Waals surface area contributed by atoms with Gasteiger partial charge in [-0.15, -0.1) is 0 Å². The molecule has 2 amide bonds. The zero-order chi connectivity index (χ0) is 15.5. The fourth-order valence-corrected chi connectivity index (χ4v) is 3.10. The molecule has 21 heavy (non-hydrogen) atoms. The highest BCUT2D eigenvalue weighted by atomic mass is 16.6. The first-order valence-corrected chi connectivity index (χ1v) is 7.48. The minimum Gasteiger partial charge on any atom is -0.481 e. The van der Waals surface area contributed by atoms with Crippen LogP contribution in [0.4, 0.5) is 4.79 Å². The van der Waals surface area contributed by atoms with Crippen molar-refractivity contribution in [2.24, 2.45) is 0 Å². The number of nitrogens with one attached hydrogen (secondary N) is 1. The lowest BCUT2D eigenvalue weighted by molar-refractivity contribution is -0.195. The van der Waals surface area contributed by atoms with Crippen LogP contribution in [0.25, 0.3) is 0 Å². The second-order valence-corrected chi connectivity index (χ2v) is 5.65. The van der Waals surface area contributed by atoms with Gasteiger partial charge in [0.25, 0.3) is 0 Å². The van der Waals surface area contributed by atoms with Gasteiger partial charge in [0.1, 0.15) is 5.60 Å². The molecule has 2 fully saturated rings. The number of amides is 2. The van der Waals surface area contributed by atoms with Gasteiger partial charge in [-0.1, -0.05) is 0 Å². The zero-order valence-electron chi connectivity index (χ0n) is 12.6. The van der Waals surface area contributed by atoms with Crippen LogP contribution in [0.15, 0.2) is 0 Å². The molecule has 1 aliphatic heterocycles. The van der Waals surface area contributed by atoms with E-state index in [1.165, 1.54) is 4.90 Å². The van der Waals surface area contributed by atoms with Gasteiger partial charge in [-0.25, -0.2) is 4.79 Å². The molecule has 0 bridgehead atoms. The number of carbonyl (C=O) groups excluding carboxylic acids is 1. The number of hydrogen-bond acceptors (Lipinski definition) is 4. The maximum absolute atomic E-state index is 12.1. The first-order valence-electron chi connectivity index (χ1n) is 7.48. The summed E-state index contributed by atoms with van der Waals surface area (Å²) in [6.45, 7) is 3.48. The van der Waals surface area contributed by atoms with Crippen molar-refractivity contribution in [1.82, 2.24) is 10.2 Å². The van der Waals surface area contributed by atoms with Crippen molar-refractivity contribution in [3.8, 4) is 0 Å². The number of carboxylic acid groups (broad SMARTS) is 1. The molecule has 1 aliphatic carbocycles. The third-order valence-electron chi connectivity index (χ3n) is 4.34. The van der Waals surface area contributed by atoms with Gasteiger partial charge in [0.15, 0.2) is 0 Å². The number of urea groups is 1. The number of ether oxygens (including phenoxy) is 2. The Morgan fingerprint density at radius 2 is 2.29 bits per heavy atom. The summed E-state index contributed by atoms with van der Waals surface area (Å²) in [6.07, 6.45) is 2.59. The van der Waals surface area contributed by atoms with E-state index in [2.05, 4.69) is 5.32 Å². The van der Waals surface area contributed by atoms with E-state index in [0.29, 0.717) is 13.2 Å². The van der Waals surface area contributed by atoms with E-state index in [4.69, 9.17) is 14.6 Å². The molecule has 2 rings (SSSR count). The zero-order valence-corrected chi connectivity index (χ0v) is 12.6. The minimum atomic E-state index is -0.912. The summed E-state index contributed by atoms with van der Waals surface area (Å²) in [6, 6.07) is -0.317. The van der Waals surface area contributed by atoms with Gasteiger partial charge in [-0.05, 0) is 26.2 Å². The molecule has 1 saturated heterocycles. The Bertz CT molecular complexity index is 395. The van der Waals surface area contributed by atoms with Gasteiger partial charge in [-0.2, -0.15) is 0 Å². The van der Waals surface area contributed by atoms with Crippen molar-refractivity contribution in [2.75, 3.05) is 26.8 Å². The molecule has 1 spiro atoms. The summed E-state index contributed by atoms with van der Waals surface area (Å²) in [4.78, 5) is 24.0. The molecule has 3 unspecified atom stereocenters. The van der Waals surface area contributed by atoms with Crippen LogP contribution in [0.1, 0.15) is 32.6 Å². The fourth-order valence-electron chi connectivity index (χ4n) is 3.10. The summed E-state index contributed by atoms with van der Waals surface area (Å²) in [5.74, 6) is -0.912. The molecule has 0 radical (unpaired) electrons. The van der Waals surface area contributed by atoms with E-state index in [1.54, 1.807) is 7.05 Å². The van der Waals surface area contributed by atoms with E-state index in [9.17, 15) is 9.59 Å². The average Bonchev–Trinajstić information content (AvgIpc) is 2.95. The maximum atomic E-state index is 12.1. The number of aliphatic carboxylic acids is 1. The van der Waals surface area contributed by atoms with Crippen molar-refractivity contribution in [2.45, 2.75) is 50.4 Å². The lowest BCUT2D eigenvalue weighted by atomic mass is 9.70. The Labute approximate surface area is 124 Å². The molecule has 1 heterocycles. The molecular weight excluding hydrogens is 276 g/mol. The van der Waals surface area contributed by atoms with Crippen molar-refractivity contribution in [3.05, 3.63) is 0 Å². The van der Waals surface area contributed by atoms with Crippen LogP contribution in [0.5, 0.6) is 0 Å². The SMILES string of the molecule is CCOC1CC(NC(=O)N(C)CCC(=O)O)C12CCCO2. The molecule has 1 saturated carbocycles. The molecule has 2 N–H and O–H groups in total. The number of carbonyl (C=O) groups is 2. The summed E-state index contributed by atoms with van der Waals surface area (Å²) < 4.78 is 11.6. The van der Waals surface area contributed by atoms with E-state index < -0.39 is 5.97 Å². The Kier molecular flexibility index (Phi) is 5.05. The van der Waals surface area contributed by atoms with Gasteiger partial charge >= 0.3 is 12.0 Å². The second kappa shape index (κ2) is 6.62. The van der Waals surface area contributed by atoms with Crippen LogP contribution < -0.4 is 5.32 Å². The highest BCUT2D eigenvalue weighted by molar-refractivity contribution is 5.75. The largest absolute Gasteiger partial charge is 0.481 e. The van der Waals surface area contributed by atoms with E-state index in [-0.39, 0.29) is 36.7 Å². The summed E-state index contributed by atoms with van der Waals surface area (Å²) in [5, 5.41) is 11.6. The van der Waals surface area contributed by atoms with E-state index in [0.717, 1.165) is 19.3 Å². The van der Waals surface area contributed by atoms with Crippen LogP contribution in [-0.2, 0) is 14.3 Å². The highest BCUT2D eigenvalue weighted by Crippen LogP contribution is 2.45. The number of carboxylic acids is 1. The van der Waals surface area contributed by atoms with Crippen molar-refractivity contribution >= 4 is 12.0 Å². The molecule has 3 atom stereocenters. The van der Waals surface area contributed by atoms with Crippen LogP contribution >= 0.6 is 0 Å². The first-order chi connectivity index (χ1) is 9.99. The van der Waals surface area contributed by atoms with Crippen LogP contribution in [-0.4, -0.2) is 66.6 Å². The number of rotatable bonds is 6.